The number of piperazine rings is 1. The molecule has 2 aromatic rings. The third-order valence-electron chi connectivity index (χ3n) is 5.91. The second-order valence-electron chi connectivity index (χ2n) is 8.25. The normalized spacial score (nSPS) is 21.2. The van der Waals surface area contributed by atoms with Gasteiger partial charge in [-0.25, -0.2) is 4.98 Å². The Hall–Kier alpha value is -2.60. The van der Waals surface area contributed by atoms with Crippen LogP contribution in [0.15, 0.2) is 36.5 Å². The molecule has 1 unspecified atom stereocenters. The van der Waals surface area contributed by atoms with Crippen molar-refractivity contribution < 1.29 is 9.59 Å². The van der Waals surface area contributed by atoms with E-state index in [1.807, 2.05) is 49.2 Å². The lowest BCUT2D eigenvalue weighted by Crippen LogP contribution is -2.49. The molecule has 1 aromatic carbocycles. The van der Waals surface area contributed by atoms with Crippen LogP contribution in [-0.4, -0.2) is 53.9 Å². The number of carbonyl (C=O) groups is 2. The molecule has 2 atom stereocenters. The largest absolute Gasteiger partial charge is 0.353 e. The average Bonchev–Trinajstić information content (AvgIpc) is 3.06. The Bertz CT molecular complexity index is 923. The minimum absolute atomic E-state index is 0. The van der Waals surface area contributed by atoms with Crippen LogP contribution >= 0.6 is 12.4 Å². The summed E-state index contributed by atoms with van der Waals surface area (Å²) in [5, 5.41) is 2.96. The Labute approximate surface area is 184 Å². The molecule has 7 heteroatoms. The number of hydrogen-bond acceptors (Lipinski definition) is 4. The molecule has 0 bridgehead atoms. The van der Waals surface area contributed by atoms with E-state index in [-0.39, 0.29) is 36.2 Å². The van der Waals surface area contributed by atoms with Gasteiger partial charge in [-0.3, -0.25) is 9.59 Å². The van der Waals surface area contributed by atoms with Gasteiger partial charge in [-0.05, 0) is 56.0 Å². The van der Waals surface area contributed by atoms with E-state index in [0.29, 0.717) is 18.7 Å². The molecule has 4 rings (SSSR count). The predicted octanol–water partition coefficient (Wildman–Crippen LogP) is 3.07. The first-order chi connectivity index (χ1) is 13.9. The first-order valence-electron chi connectivity index (χ1n) is 10.3. The van der Waals surface area contributed by atoms with Gasteiger partial charge in [-0.2, -0.15) is 0 Å². The molecule has 1 N–H and O–H groups in total. The summed E-state index contributed by atoms with van der Waals surface area (Å²) in [4.78, 5) is 33.7. The fraction of sp³-hybridized carbons (Fsp3) is 0.435. The number of aromatic nitrogens is 1. The van der Waals surface area contributed by atoms with Crippen molar-refractivity contribution in [3.8, 4) is 0 Å². The summed E-state index contributed by atoms with van der Waals surface area (Å²) in [6, 6.07) is 9.90. The van der Waals surface area contributed by atoms with E-state index in [9.17, 15) is 9.59 Å². The first-order valence-corrected chi connectivity index (χ1v) is 10.3. The lowest BCUT2D eigenvalue weighted by molar-refractivity contribution is -0.120. The minimum Gasteiger partial charge on any atom is -0.353 e. The van der Waals surface area contributed by atoms with E-state index in [2.05, 4.69) is 28.2 Å². The van der Waals surface area contributed by atoms with Gasteiger partial charge in [0.1, 0.15) is 5.82 Å². The number of hydrogen-bond donors (Lipinski definition) is 1. The smallest absolute Gasteiger partial charge is 0.253 e. The Kier molecular flexibility index (Phi) is 6.66. The Balaban J connectivity index is 0.00000256. The number of nitrogens with one attached hydrogen (secondary N) is 1. The van der Waals surface area contributed by atoms with Crippen molar-refractivity contribution in [1.82, 2.24) is 15.2 Å². The van der Waals surface area contributed by atoms with Crippen LogP contribution < -0.4 is 10.2 Å². The van der Waals surface area contributed by atoms with Crippen LogP contribution in [0, 0.1) is 13.8 Å². The fourth-order valence-electron chi connectivity index (χ4n) is 4.35. The molecule has 0 spiro atoms. The van der Waals surface area contributed by atoms with Crippen LogP contribution in [-0.2, 0) is 4.79 Å². The van der Waals surface area contributed by atoms with Gasteiger partial charge in [-0.15, -0.1) is 12.4 Å². The number of benzene rings is 1. The molecule has 2 fully saturated rings. The second kappa shape index (κ2) is 9.04. The maximum Gasteiger partial charge on any atom is 0.253 e. The van der Waals surface area contributed by atoms with Crippen molar-refractivity contribution in [3.05, 3.63) is 58.8 Å². The molecule has 30 heavy (non-hydrogen) atoms. The Morgan fingerprint density at radius 1 is 1.10 bits per heavy atom. The number of pyridine rings is 1. The summed E-state index contributed by atoms with van der Waals surface area (Å²) in [6.45, 7) is 9.06. The van der Waals surface area contributed by atoms with Crippen LogP contribution in [0.2, 0.25) is 0 Å². The summed E-state index contributed by atoms with van der Waals surface area (Å²) in [7, 11) is 0. The summed E-state index contributed by atoms with van der Waals surface area (Å²) < 4.78 is 0. The molecular weight excluding hydrogens is 400 g/mol. The van der Waals surface area contributed by atoms with E-state index in [4.69, 9.17) is 0 Å². The van der Waals surface area contributed by atoms with Crippen molar-refractivity contribution in [2.45, 2.75) is 39.2 Å². The van der Waals surface area contributed by atoms with Gasteiger partial charge in [0.2, 0.25) is 5.91 Å². The third-order valence-corrected chi connectivity index (χ3v) is 5.91. The van der Waals surface area contributed by atoms with E-state index in [1.165, 1.54) is 5.56 Å². The van der Waals surface area contributed by atoms with Gasteiger partial charge in [0.15, 0.2) is 0 Å². The highest BCUT2D eigenvalue weighted by molar-refractivity contribution is 5.94. The van der Waals surface area contributed by atoms with Crippen molar-refractivity contribution in [3.63, 3.8) is 0 Å². The number of anilines is 1. The van der Waals surface area contributed by atoms with Gasteiger partial charge >= 0.3 is 0 Å². The molecule has 0 saturated carbocycles. The number of rotatable bonds is 3. The van der Waals surface area contributed by atoms with E-state index >= 15 is 0 Å². The molecular formula is C23H29ClN4O2. The molecule has 0 radical (unpaired) electrons. The van der Waals surface area contributed by atoms with Crippen LogP contribution in [0.25, 0.3) is 0 Å². The van der Waals surface area contributed by atoms with E-state index < -0.39 is 0 Å². The third kappa shape index (κ3) is 4.43. The molecule has 2 aliphatic rings. The summed E-state index contributed by atoms with van der Waals surface area (Å²) in [6.07, 6.45) is 2.70. The first kappa shape index (κ1) is 22.1. The van der Waals surface area contributed by atoms with Gasteiger partial charge in [0.05, 0.1) is 5.92 Å². The zero-order valence-electron chi connectivity index (χ0n) is 17.7. The van der Waals surface area contributed by atoms with Crippen molar-refractivity contribution >= 4 is 30.0 Å². The zero-order valence-corrected chi connectivity index (χ0v) is 18.5. The number of halogens is 1. The number of nitrogens with zero attached hydrogens (tertiary/aromatic N) is 3. The van der Waals surface area contributed by atoms with E-state index in [1.54, 1.807) is 0 Å². The number of amides is 2. The van der Waals surface area contributed by atoms with Gasteiger partial charge in [0.25, 0.3) is 5.91 Å². The topological polar surface area (TPSA) is 65.5 Å². The maximum atomic E-state index is 12.9. The fourth-order valence-corrected chi connectivity index (χ4v) is 4.35. The molecule has 0 aliphatic carbocycles. The Morgan fingerprint density at radius 3 is 2.33 bits per heavy atom. The van der Waals surface area contributed by atoms with Crippen LogP contribution in [0.4, 0.5) is 5.82 Å². The molecule has 2 amide bonds. The lowest BCUT2D eigenvalue weighted by atomic mass is 9.95. The number of carbonyl (C=O) groups excluding carboxylic acids is 2. The van der Waals surface area contributed by atoms with Gasteiger partial charge in [0, 0.05) is 44.0 Å². The molecule has 2 saturated heterocycles. The van der Waals surface area contributed by atoms with Crippen molar-refractivity contribution in [2.24, 2.45) is 0 Å². The monoisotopic (exact) mass is 428 g/mol. The second-order valence-corrected chi connectivity index (χ2v) is 8.25. The predicted molar refractivity (Wildman–Crippen MR) is 120 cm³/mol. The van der Waals surface area contributed by atoms with Gasteiger partial charge < -0.3 is 15.1 Å². The minimum atomic E-state index is -0.108. The van der Waals surface area contributed by atoms with Crippen molar-refractivity contribution in [1.29, 1.82) is 0 Å². The SMILES string of the molecule is Cc1cnc(N2CCN(C(=O)c3ccc([C@H]4CC(C)NC4=O)cc3)CC2)c(C)c1.Cl. The molecule has 2 aliphatic heterocycles. The summed E-state index contributed by atoms with van der Waals surface area (Å²) >= 11 is 0. The highest BCUT2D eigenvalue weighted by Crippen LogP contribution is 2.27. The highest BCUT2D eigenvalue weighted by atomic mass is 35.5. The maximum absolute atomic E-state index is 12.9. The Morgan fingerprint density at radius 2 is 1.77 bits per heavy atom. The quantitative estimate of drug-likeness (QED) is 0.815. The average molecular weight is 429 g/mol. The van der Waals surface area contributed by atoms with Crippen LogP contribution in [0.3, 0.4) is 0 Å². The van der Waals surface area contributed by atoms with E-state index in [0.717, 1.165) is 36.5 Å². The molecule has 160 valence electrons. The number of aryl methyl sites for hydroxylation is 2. The zero-order chi connectivity index (χ0) is 20.5. The van der Waals surface area contributed by atoms with Crippen molar-refractivity contribution in [2.75, 3.05) is 31.1 Å². The molecule has 3 heterocycles. The summed E-state index contributed by atoms with van der Waals surface area (Å²) in [5.41, 5.74) is 3.99. The molecule has 6 nitrogen and oxygen atoms in total. The van der Waals surface area contributed by atoms with Crippen LogP contribution in [0.5, 0.6) is 0 Å². The highest BCUT2D eigenvalue weighted by Gasteiger charge is 2.31. The van der Waals surface area contributed by atoms with Crippen LogP contribution in [0.1, 0.15) is 46.3 Å². The van der Waals surface area contributed by atoms with Gasteiger partial charge in [-0.1, -0.05) is 18.2 Å². The lowest BCUT2D eigenvalue weighted by Gasteiger charge is -2.36. The molecule has 1 aromatic heterocycles. The summed E-state index contributed by atoms with van der Waals surface area (Å²) in [5.74, 6) is 1.03. The standard InChI is InChI=1S/C23H28N4O2.ClH/c1-15-12-16(2)21(24-14-15)26-8-10-27(11-9-26)23(29)19-6-4-18(5-7-19)20-13-17(3)25-22(20)28;/h4-7,12,14,17,20H,8-11,13H2,1-3H3,(H,25,28);1H/t17?,20-;/m1./s1.